The fourth-order valence-corrected chi connectivity index (χ4v) is 2.86. The van der Waals surface area contributed by atoms with Crippen LogP contribution in [0.4, 0.5) is 13.2 Å². The van der Waals surface area contributed by atoms with Crippen LogP contribution in [0.5, 0.6) is 0 Å². The van der Waals surface area contributed by atoms with Crippen LogP contribution in [0.15, 0.2) is 17.5 Å². The van der Waals surface area contributed by atoms with E-state index < -0.39 is 12.2 Å². The van der Waals surface area contributed by atoms with Crippen molar-refractivity contribution in [1.82, 2.24) is 0 Å². The third kappa shape index (κ3) is 1.52. The largest absolute Gasteiger partial charge is 0.265 e. The molecule has 1 aromatic heterocycles. The van der Waals surface area contributed by atoms with Crippen molar-refractivity contribution in [2.75, 3.05) is 0 Å². The average molecular weight is 328 g/mol. The van der Waals surface area contributed by atoms with Gasteiger partial charge in [-0.1, -0.05) is 6.07 Å². The number of hydrogen-bond acceptors (Lipinski definition) is 1. The zero-order chi connectivity index (χ0) is 10.3. The summed E-state index contributed by atoms with van der Waals surface area (Å²) in [6.07, 6.45) is -2.54. The quantitative estimate of drug-likeness (QED) is 0.672. The van der Waals surface area contributed by atoms with E-state index in [0.717, 1.165) is 11.3 Å². The van der Waals surface area contributed by atoms with Gasteiger partial charge in [0.05, 0.1) is 8.27 Å². The van der Waals surface area contributed by atoms with Gasteiger partial charge in [-0.15, -0.1) is 11.3 Å². The molecule has 0 spiro atoms. The zero-order valence-corrected chi connectivity index (χ0v) is 9.70. The average Bonchev–Trinajstić information content (AvgIpc) is 2.55. The first kappa shape index (κ1) is 10.2. The molecule has 14 heavy (non-hydrogen) atoms. The predicted octanol–water partition coefficient (Wildman–Crippen LogP) is 4.58. The molecule has 74 valence electrons. The molecule has 0 aliphatic rings. The minimum atomic E-state index is -2.54. The van der Waals surface area contributed by atoms with Gasteiger partial charge in [0, 0.05) is 16.3 Å². The van der Waals surface area contributed by atoms with Gasteiger partial charge >= 0.3 is 0 Å². The van der Waals surface area contributed by atoms with Crippen LogP contribution in [0.2, 0.25) is 0 Å². The fraction of sp³-hybridized carbons (Fsp3) is 0.111. The number of hydrogen-bond donors (Lipinski definition) is 0. The predicted molar refractivity (Wildman–Crippen MR) is 59.5 cm³/mol. The molecule has 0 aliphatic heterocycles. The summed E-state index contributed by atoms with van der Waals surface area (Å²) in [5, 5.41) is 1.64. The molecule has 0 saturated heterocycles. The Balaban J connectivity index is 2.77. The minimum Gasteiger partial charge on any atom is -0.205 e. The van der Waals surface area contributed by atoms with Gasteiger partial charge in [-0.25, -0.2) is 13.2 Å². The van der Waals surface area contributed by atoms with Gasteiger partial charge in [0.2, 0.25) is 0 Å². The molecule has 0 radical (unpaired) electrons. The summed E-state index contributed by atoms with van der Waals surface area (Å²) in [6, 6.07) is 3.05. The molecule has 0 unspecified atom stereocenters. The second kappa shape index (κ2) is 3.69. The first-order valence-electron chi connectivity index (χ1n) is 3.74. The van der Waals surface area contributed by atoms with Crippen molar-refractivity contribution in [3.63, 3.8) is 0 Å². The van der Waals surface area contributed by atoms with Crippen LogP contribution < -0.4 is 0 Å². The summed E-state index contributed by atoms with van der Waals surface area (Å²) in [5.41, 5.74) is -0.0831. The van der Waals surface area contributed by atoms with E-state index in [1.165, 1.54) is 17.5 Å². The lowest BCUT2D eigenvalue weighted by Crippen LogP contribution is -1.84. The van der Waals surface area contributed by atoms with Gasteiger partial charge in [-0.3, -0.25) is 0 Å². The van der Waals surface area contributed by atoms with Crippen LogP contribution in [-0.4, -0.2) is 0 Å². The maximum atomic E-state index is 13.4. The topological polar surface area (TPSA) is 0 Å². The van der Waals surface area contributed by atoms with Crippen molar-refractivity contribution in [2.45, 2.75) is 6.43 Å². The highest BCUT2D eigenvalue weighted by Gasteiger charge is 2.16. The van der Waals surface area contributed by atoms with Crippen molar-refractivity contribution in [1.29, 1.82) is 0 Å². The molecule has 2 aromatic rings. The van der Waals surface area contributed by atoms with E-state index >= 15 is 0 Å². The number of thiophene rings is 1. The highest BCUT2D eigenvalue weighted by atomic mass is 127. The van der Waals surface area contributed by atoms with Gasteiger partial charge < -0.3 is 0 Å². The number of rotatable bonds is 1. The van der Waals surface area contributed by atoms with Crippen LogP contribution in [-0.2, 0) is 0 Å². The Bertz CT molecular complexity index is 478. The number of halogens is 4. The summed E-state index contributed by atoms with van der Waals surface area (Å²) in [7, 11) is 0. The van der Waals surface area contributed by atoms with Gasteiger partial charge in [0.15, 0.2) is 5.82 Å². The van der Waals surface area contributed by atoms with E-state index in [1.807, 2.05) is 22.6 Å². The lowest BCUT2D eigenvalue weighted by molar-refractivity contribution is 0.153. The number of fused-ring (bicyclic) bond motifs is 1. The molecule has 0 nitrogen and oxygen atoms in total. The summed E-state index contributed by atoms with van der Waals surface area (Å²) < 4.78 is 39.1. The van der Waals surface area contributed by atoms with E-state index in [2.05, 4.69) is 0 Å². The van der Waals surface area contributed by atoms with Gasteiger partial charge in [-0.05, 0) is 28.7 Å². The molecule has 0 aliphatic carbocycles. The number of benzene rings is 1. The normalized spacial score (nSPS) is 11.5. The molecule has 0 saturated carbocycles. The summed E-state index contributed by atoms with van der Waals surface area (Å²) in [6.45, 7) is 0. The Kier molecular flexibility index (Phi) is 2.70. The third-order valence-electron chi connectivity index (χ3n) is 1.90. The van der Waals surface area contributed by atoms with Crippen molar-refractivity contribution in [3.8, 4) is 0 Å². The molecule has 0 fully saturated rings. The molecule has 0 amide bonds. The molecular weight excluding hydrogens is 324 g/mol. The lowest BCUT2D eigenvalue weighted by atomic mass is 10.2. The molecule has 1 heterocycles. The summed E-state index contributed by atoms with van der Waals surface area (Å²) in [5.74, 6) is -0.403. The van der Waals surface area contributed by atoms with Crippen LogP contribution in [0.1, 0.15) is 12.0 Å². The van der Waals surface area contributed by atoms with Gasteiger partial charge in [0.25, 0.3) is 6.43 Å². The van der Waals surface area contributed by atoms with Gasteiger partial charge in [0.1, 0.15) is 0 Å². The van der Waals surface area contributed by atoms with Gasteiger partial charge in [-0.2, -0.15) is 0 Å². The van der Waals surface area contributed by atoms with Crippen molar-refractivity contribution in [3.05, 3.63) is 32.5 Å². The second-order valence-corrected chi connectivity index (χ2v) is 4.77. The zero-order valence-electron chi connectivity index (χ0n) is 6.73. The monoisotopic (exact) mass is 328 g/mol. The minimum absolute atomic E-state index is 0.0831. The van der Waals surface area contributed by atoms with Crippen molar-refractivity contribution >= 4 is 44.0 Å². The first-order valence-corrected chi connectivity index (χ1v) is 5.70. The van der Waals surface area contributed by atoms with Crippen molar-refractivity contribution in [2.24, 2.45) is 0 Å². The van der Waals surface area contributed by atoms with Crippen molar-refractivity contribution < 1.29 is 13.2 Å². The Morgan fingerprint density at radius 1 is 1.29 bits per heavy atom. The molecule has 5 heteroatoms. The van der Waals surface area contributed by atoms with E-state index in [-0.39, 0.29) is 5.56 Å². The second-order valence-electron chi connectivity index (χ2n) is 2.73. The fourth-order valence-electron chi connectivity index (χ4n) is 1.23. The van der Waals surface area contributed by atoms with E-state index in [4.69, 9.17) is 0 Å². The Morgan fingerprint density at radius 3 is 2.64 bits per heavy atom. The molecule has 0 bridgehead atoms. The highest BCUT2D eigenvalue weighted by Crippen LogP contribution is 2.35. The van der Waals surface area contributed by atoms with Crippen LogP contribution in [0.3, 0.4) is 0 Å². The SMILES string of the molecule is Fc1c(I)ccc2c(C(F)F)csc12. The van der Waals surface area contributed by atoms with E-state index in [1.54, 1.807) is 0 Å². The van der Waals surface area contributed by atoms with E-state index in [0.29, 0.717) is 13.7 Å². The highest BCUT2D eigenvalue weighted by molar-refractivity contribution is 14.1. The molecular formula is C9H4F3IS. The first-order chi connectivity index (χ1) is 6.61. The van der Waals surface area contributed by atoms with Crippen LogP contribution >= 0.6 is 33.9 Å². The Hall–Kier alpha value is -0.300. The van der Waals surface area contributed by atoms with Crippen LogP contribution in [0, 0.1) is 9.39 Å². The molecule has 0 N–H and O–H groups in total. The lowest BCUT2D eigenvalue weighted by Gasteiger charge is -1.98. The van der Waals surface area contributed by atoms with E-state index in [9.17, 15) is 13.2 Å². The third-order valence-corrected chi connectivity index (χ3v) is 3.74. The Labute approximate surface area is 95.9 Å². The molecule has 1 aromatic carbocycles. The maximum absolute atomic E-state index is 13.4. The molecule has 0 atom stereocenters. The Morgan fingerprint density at radius 2 is 2.00 bits per heavy atom. The number of alkyl halides is 2. The smallest absolute Gasteiger partial charge is 0.205 e. The molecule has 2 rings (SSSR count). The summed E-state index contributed by atoms with van der Waals surface area (Å²) >= 11 is 2.87. The standard InChI is InChI=1S/C9H4F3IS/c10-7-6(13)2-1-4-5(9(11)12)3-14-8(4)7/h1-3,9H. The van der Waals surface area contributed by atoms with Crippen LogP contribution in [0.25, 0.3) is 10.1 Å². The maximum Gasteiger partial charge on any atom is 0.265 e. The summed E-state index contributed by atoms with van der Waals surface area (Å²) in [4.78, 5) is 0.